The van der Waals surface area contributed by atoms with Gasteiger partial charge in [0.1, 0.15) is 6.33 Å². The highest BCUT2D eigenvalue weighted by Gasteiger charge is 2.10. The number of pyridine rings is 1. The van der Waals surface area contributed by atoms with Crippen molar-refractivity contribution in [2.75, 3.05) is 0 Å². The van der Waals surface area contributed by atoms with Crippen LogP contribution in [0.3, 0.4) is 0 Å². The number of aromatic nitrogens is 5. The molecule has 0 fully saturated rings. The molecule has 3 rings (SSSR count). The molecule has 0 aliphatic heterocycles. The lowest BCUT2D eigenvalue weighted by Gasteiger charge is -2.07. The van der Waals surface area contributed by atoms with E-state index in [1.165, 1.54) is 6.33 Å². The molecule has 3 heterocycles. The number of hydrogen-bond acceptors (Lipinski definition) is 5. The summed E-state index contributed by atoms with van der Waals surface area (Å²) >= 11 is 0. The molecule has 0 spiro atoms. The topological polar surface area (TPSA) is 79.8 Å². The van der Waals surface area contributed by atoms with Gasteiger partial charge in [0.05, 0.1) is 17.5 Å². The number of allylic oxidation sites excluding steroid dienone is 4. The van der Waals surface area contributed by atoms with Crippen LogP contribution in [-0.2, 0) is 0 Å². The average Bonchev–Trinajstić information content (AvgIpc) is 3.07. The van der Waals surface area contributed by atoms with Crippen LogP contribution in [0.4, 0.5) is 0 Å². The van der Waals surface area contributed by atoms with E-state index >= 15 is 0 Å². The second-order valence-electron chi connectivity index (χ2n) is 4.73. The van der Waals surface area contributed by atoms with Crippen LogP contribution in [0.1, 0.15) is 5.69 Å². The first-order chi connectivity index (χ1) is 11.2. The molecule has 6 heteroatoms. The Kier molecular flexibility index (Phi) is 3.77. The van der Waals surface area contributed by atoms with Crippen molar-refractivity contribution in [1.29, 1.82) is 5.26 Å². The summed E-state index contributed by atoms with van der Waals surface area (Å²) in [6, 6.07) is 7.60. The molecule has 0 saturated heterocycles. The molecule has 3 aromatic heterocycles. The van der Waals surface area contributed by atoms with E-state index in [9.17, 15) is 0 Å². The maximum Gasteiger partial charge on any atom is 0.253 e. The van der Waals surface area contributed by atoms with Gasteiger partial charge >= 0.3 is 0 Å². The molecule has 0 aliphatic carbocycles. The largest absolute Gasteiger partial charge is 0.265 e. The first-order valence-electron chi connectivity index (χ1n) is 6.76. The molecule has 0 amide bonds. The van der Waals surface area contributed by atoms with E-state index in [0.717, 1.165) is 11.3 Å². The van der Waals surface area contributed by atoms with Gasteiger partial charge in [-0.15, -0.1) is 0 Å². The van der Waals surface area contributed by atoms with E-state index in [1.807, 2.05) is 24.3 Å². The third-order valence-corrected chi connectivity index (χ3v) is 3.19. The average molecular weight is 300 g/mol. The third kappa shape index (κ3) is 2.89. The normalized spacial score (nSPS) is 10.7. The first-order valence-corrected chi connectivity index (χ1v) is 6.76. The Bertz CT molecular complexity index is 960. The Morgan fingerprint density at radius 1 is 1.22 bits per heavy atom. The summed E-state index contributed by atoms with van der Waals surface area (Å²) in [4.78, 5) is 12.6. The van der Waals surface area contributed by atoms with E-state index in [0.29, 0.717) is 22.6 Å². The van der Waals surface area contributed by atoms with Crippen LogP contribution in [-0.4, -0.2) is 24.6 Å². The molecule has 110 valence electrons. The van der Waals surface area contributed by atoms with Gasteiger partial charge in [-0.2, -0.15) is 19.9 Å². The quantitative estimate of drug-likeness (QED) is 0.546. The highest BCUT2D eigenvalue weighted by atomic mass is 15.3. The van der Waals surface area contributed by atoms with Crippen molar-refractivity contribution in [3.05, 3.63) is 73.5 Å². The maximum absolute atomic E-state index is 8.75. The van der Waals surface area contributed by atoms with E-state index in [2.05, 4.69) is 33.2 Å². The fraction of sp³-hybridized carbons (Fsp3) is 0. The molecule has 23 heavy (non-hydrogen) atoms. The summed E-state index contributed by atoms with van der Waals surface area (Å²) in [5, 5.41) is 13.0. The smallest absolute Gasteiger partial charge is 0.253 e. The highest BCUT2D eigenvalue weighted by Crippen LogP contribution is 2.22. The van der Waals surface area contributed by atoms with Crippen LogP contribution in [0.2, 0.25) is 0 Å². The fourth-order valence-electron chi connectivity index (χ4n) is 2.03. The Morgan fingerprint density at radius 2 is 2.00 bits per heavy atom. The minimum absolute atomic E-state index is 0.351. The molecular formula is C17H12N6. The number of nitriles is 1. The molecule has 0 atom stereocenters. The van der Waals surface area contributed by atoms with E-state index in [1.54, 1.807) is 29.1 Å². The fourth-order valence-corrected chi connectivity index (χ4v) is 2.03. The maximum atomic E-state index is 8.75. The van der Waals surface area contributed by atoms with E-state index in [-0.39, 0.29) is 0 Å². The van der Waals surface area contributed by atoms with Crippen molar-refractivity contribution in [3.63, 3.8) is 0 Å². The summed E-state index contributed by atoms with van der Waals surface area (Å²) < 4.78 is 1.66. The Balaban J connectivity index is 2.10. The zero-order valence-corrected chi connectivity index (χ0v) is 12.2. The van der Waals surface area contributed by atoms with Crippen molar-refractivity contribution in [2.24, 2.45) is 0 Å². The lowest BCUT2D eigenvalue weighted by atomic mass is 10.1. The van der Waals surface area contributed by atoms with Gasteiger partial charge in [-0.3, -0.25) is 4.98 Å². The molecule has 6 nitrogen and oxygen atoms in total. The van der Waals surface area contributed by atoms with Crippen molar-refractivity contribution < 1.29 is 0 Å². The van der Waals surface area contributed by atoms with E-state index in [4.69, 9.17) is 5.26 Å². The third-order valence-electron chi connectivity index (χ3n) is 3.19. The lowest BCUT2D eigenvalue weighted by Crippen LogP contribution is -2.00. The second kappa shape index (κ2) is 6.03. The molecule has 3 aromatic rings. The number of hydrogen-bond donors (Lipinski definition) is 0. The van der Waals surface area contributed by atoms with Gasteiger partial charge in [-0.1, -0.05) is 19.2 Å². The molecule has 0 unspecified atom stereocenters. The molecule has 0 saturated carbocycles. The van der Waals surface area contributed by atoms with Crippen molar-refractivity contribution >= 4 is 11.4 Å². The van der Waals surface area contributed by atoms with Gasteiger partial charge < -0.3 is 0 Å². The number of nitrogens with zero attached hydrogens (tertiary/aromatic N) is 6. The summed E-state index contributed by atoms with van der Waals surface area (Å²) in [5.41, 5.74) is 3.43. The second-order valence-corrected chi connectivity index (χ2v) is 4.73. The lowest BCUT2D eigenvalue weighted by molar-refractivity contribution is 0.944. The molecule has 0 bridgehead atoms. The van der Waals surface area contributed by atoms with Crippen LogP contribution in [0.15, 0.2) is 67.8 Å². The zero-order valence-electron chi connectivity index (χ0n) is 12.2. The van der Waals surface area contributed by atoms with Crippen molar-refractivity contribution in [3.8, 4) is 17.3 Å². The van der Waals surface area contributed by atoms with Gasteiger partial charge in [-0.25, -0.2) is 4.98 Å². The Hall–Kier alpha value is -3.59. The van der Waals surface area contributed by atoms with Crippen LogP contribution in [0, 0.1) is 11.3 Å². The van der Waals surface area contributed by atoms with E-state index < -0.39 is 0 Å². The molecular weight excluding hydrogens is 288 g/mol. The SMILES string of the molecule is C=C(C#N)/C=C\C(=C)c1cc(-c2ccncc2)n2ncnc2n1. The standard InChI is InChI=1S/C17H12N6/c1-12(10-18)3-4-13(2)15-9-16(14-5-7-19-8-6-14)23-17(22-15)20-11-21-23/h3-9,11H,1-2H2/b4-3-. The number of fused-ring (bicyclic) bond motifs is 1. The summed E-state index contributed by atoms with van der Waals surface area (Å²) in [6.07, 6.45) is 8.18. The first kappa shape index (κ1) is 14.4. The van der Waals surface area contributed by atoms with Gasteiger partial charge in [0.15, 0.2) is 0 Å². The summed E-state index contributed by atoms with van der Waals surface area (Å²) in [6.45, 7) is 7.59. The Morgan fingerprint density at radius 3 is 2.74 bits per heavy atom. The van der Waals surface area contributed by atoms with Crippen LogP contribution < -0.4 is 0 Å². The summed E-state index contributed by atoms with van der Waals surface area (Å²) in [5.74, 6) is 0.475. The highest BCUT2D eigenvalue weighted by molar-refractivity contribution is 5.74. The number of rotatable bonds is 4. The van der Waals surface area contributed by atoms with Gasteiger partial charge in [-0.05, 0) is 29.8 Å². The minimum Gasteiger partial charge on any atom is -0.265 e. The molecule has 0 radical (unpaired) electrons. The van der Waals surface area contributed by atoms with Crippen molar-refractivity contribution in [2.45, 2.75) is 0 Å². The monoisotopic (exact) mass is 300 g/mol. The zero-order chi connectivity index (χ0) is 16.2. The van der Waals surface area contributed by atoms with Crippen molar-refractivity contribution in [1.82, 2.24) is 24.6 Å². The molecule has 0 N–H and O–H groups in total. The Labute approximate surface area is 132 Å². The predicted octanol–water partition coefficient (Wildman–Crippen LogP) is 2.84. The molecule has 0 aliphatic rings. The molecule has 0 aromatic carbocycles. The van der Waals surface area contributed by atoms with Crippen LogP contribution >= 0.6 is 0 Å². The predicted molar refractivity (Wildman–Crippen MR) is 86.9 cm³/mol. The van der Waals surface area contributed by atoms with Gasteiger partial charge in [0.25, 0.3) is 5.78 Å². The van der Waals surface area contributed by atoms with Gasteiger partial charge in [0.2, 0.25) is 0 Å². The van der Waals surface area contributed by atoms with Crippen LogP contribution in [0.25, 0.3) is 22.6 Å². The van der Waals surface area contributed by atoms with Gasteiger partial charge in [0, 0.05) is 23.5 Å². The van der Waals surface area contributed by atoms with Crippen LogP contribution in [0.5, 0.6) is 0 Å². The summed E-state index contributed by atoms with van der Waals surface area (Å²) in [7, 11) is 0. The minimum atomic E-state index is 0.351.